The number of aromatic nitrogens is 1. The molecule has 35 heavy (non-hydrogen) atoms. The minimum atomic E-state index is -0.407. The average molecular weight is 491 g/mol. The number of carbonyl (C=O) groups excluding carboxylic acids is 2. The monoisotopic (exact) mass is 490 g/mol. The second kappa shape index (κ2) is 11.0. The normalized spacial score (nSPS) is 13.3. The number of nitrogens with one attached hydrogen (secondary N) is 1. The van der Waals surface area contributed by atoms with Crippen LogP contribution in [0.1, 0.15) is 46.4 Å². The number of anilines is 1. The highest BCUT2D eigenvalue weighted by atomic mass is 32.1. The van der Waals surface area contributed by atoms with Gasteiger partial charge in [-0.3, -0.25) is 9.78 Å². The van der Waals surface area contributed by atoms with E-state index < -0.39 is 6.09 Å². The Morgan fingerprint density at radius 3 is 2.77 bits per heavy atom. The van der Waals surface area contributed by atoms with E-state index in [-0.39, 0.29) is 24.9 Å². The molecule has 9 heteroatoms. The summed E-state index contributed by atoms with van der Waals surface area (Å²) in [5, 5.41) is 13.2. The van der Waals surface area contributed by atoms with Gasteiger partial charge in [-0.2, -0.15) is 5.26 Å². The number of benzene rings is 1. The predicted molar refractivity (Wildman–Crippen MR) is 132 cm³/mol. The van der Waals surface area contributed by atoms with Crippen molar-refractivity contribution in [3.8, 4) is 11.8 Å². The summed E-state index contributed by atoms with van der Waals surface area (Å²) in [5.74, 6) is 0.511. The van der Waals surface area contributed by atoms with Crippen LogP contribution in [0, 0.1) is 11.3 Å². The van der Waals surface area contributed by atoms with E-state index in [1.807, 2.05) is 31.2 Å². The van der Waals surface area contributed by atoms with Crippen LogP contribution in [-0.4, -0.2) is 35.5 Å². The first-order chi connectivity index (χ1) is 17.0. The minimum Gasteiger partial charge on any atom is -0.496 e. The summed E-state index contributed by atoms with van der Waals surface area (Å²) in [6, 6.07) is 13.5. The zero-order chi connectivity index (χ0) is 24.8. The molecule has 0 spiro atoms. The molecule has 0 bridgehead atoms. The fourth-order valence-electron chi connectivity index (χ4n) is 4.12. The maximum absolute atomic E-state index is 12.8. The van der Waals surface area contributed by atoms with Gasteiger partial charge in [0.1, 0.15) is 23.4 Å². The van der Waals surface area contributed by atoms with Gasteiger partial charge in [0.15, 0.2) is 0 Å². The van der Waals surface area contributed by atoms with Crippen molar-refractivity contribution in [2.75, 3.05) is 19.0 Å². The van der Waals surface area contributed by atoms with Crippen LogP contribution in [-0.2, 0) is 29.1 Å². The predicted octanol–water partition coefficient (Wildman–Crippen LogP) is 4.85. The summed E-state index contributed by atoms with van der Waals surface area (Å²) in [6.07, 6.45) is 3.68. The van der Waals surface area contributed by atoms with E-state index in [0.717, 1.165) is 27.3 Å². The van der Waals surface area contributed by atoms with Crippen molar-refractivity contribution in [3.05, 3.63) is 75.9 Å². The number of ether oxygens (including phenoxy) is 2. The number of hydrogen-bond acceptors (Lipinski definition) is 7. The van der Waals surface area contributed by atoms with Crippen molar-refractivity contribution in [1.82, 2.24) is 9.88 Å². The molecular formula is C26H26N4O4S. The first kappa shape index (κ1) is 24.2. The van der Waals surface area contributed by atoms with Crippen molar-refractivity contribution in [2.45, 2.75) is 38.8 Å². The lowest BCUT2D eigenvalue weighted by Crippen LogP contribution is -2.35. The molecule has 3 heterocycles. The molecule has 0 saturated carbocycles. The Hall–Kier alpha value is -3.90. The Balaban J connectivity index is 1.40. The van der Waals surface area contributed by atoms with Crippen LogP contribution in [0.25, 0.3) is 0 Å². The molecule has 0 fully saturated rings. The van der Waals surface area contributed by atoms with Gasteiger partial charge in [-0.05, 0) is 47.2 Å². The molecule has 4 rings (SSSR count). The van der Waals surface area contributed by atoms with Crippen LogP contribution in [0.5, 0.6) is 5.75 Å². The summed E-state index contributed by atoms with van der Waals surface area (Å²) in [6.45, 7) is 2.94. The van der Waals surface area contributed by atoms with E-state index in [0.29, 0.717) is 30.1 Å². The molecule has 3 aromatic rings. The Morgan fingerprint density at radius 1 is 1.26 bits per heavy atom. The third kappa shape index (κ3) is 5.61. The van der Waals surface area contributed by atoms with E-state index >= 15 is 0 Å². The van der Waals surface area contributed by atoms with Gasteiger partial charge in [-0.1, -0.05) is 25.1 Å². The molecule has 0 saturated heterocycles. The molecular weight excluding hydrogens is 464 g/mol. The van der Waals surface area contributed by atoms with Gasteiger partial charge in [0, 0.05) is 30.2 Å². The zero-order valence-electron chi connectivity index (χ0n) is 19.6. The highest BCUT2D eigenvalue weighted by Crippen LogP contribution is 2.37. The van der Waals surface area contributed by atoms with Crippen LogP contribution >= 0.6 is 11.3 Å². The second-order valence-electron chi connectivity index (χ2n) is 8.30. The molecule has 2 aromatic heterocycles. The Morgan fingerprint density at radius 2 is 2.03 bits per heavy atom. The summed E-state index contributed by atoms with van der Waals surface area (Å²) < 4.78 is 10.8. The number of pyridine rings is 1. The highest BCUT2D eigenvalue weighted by Gasteiger charge is 2.28. The largest absolute Gasteiger partial charge is 0.496 e. The molecule has 1 aliphatic heterocycles. The van der Waals surface area contributed by atoms with Crippen LogP contribution in [0.4, 0.5) is 9.80 Å². The van der Waals surface area contributed by atoms with E-state index in [9.17, 15) is 14.9 Å². The van der Waals surface area contributed by atoms with Crippen molar-refractivity contribution in [3.63, 3.8) is 0 Å². The molecule has 0 aliphatic carbocycles. The lowest BCUT2D eigenvalue weighted by Gasteiger charge is -2.26. The molecule has 1 aliphatic rings. The zero-order valence-corrected chi connectivity index (χ0v) is 20.4. The van der Waals surface area contributed by atoms with Crippen LogP contribution < -0.4 is 10.1 Å². The number of fused-ring (bicyclic) bond motifs is 1. The molecule has 1 unspecified atom stereocenters. The van der Waals surface area contributed by atoms with Crippen molar-refractivity contribution in [1.29, 1.82) is 5.26 Å². The summed E-state index contributed by atoms with van der Waals surface area (Å²) >= 11 is 1.34. The Bertz CT molecular complexity index is 1250. The first-order valence-corrected chi connectivity index (χ1v) is 12.1. The van der Waals surface area contributed by atoms with E-state index in [1.54, 1.807) is 36.5 Å². The second-order valence-corrected chi connectivity index (χ2v) is 9.40. The van der Waals surface area contributed by atoms with Gasteiger partial charge in [0.2, 0.25) is 5.91 Å². The number of para-hydroxylation sites is 1. The smallest absolute Gasteiger partial charge is 0.410 e. The third-order valence-electron chi connectivity index (χ3n) is 5.95. The molecule has 1 aromatic carbocycles. The molecule has 180 valence electrons. The molecule has 2 amide bonds. The quantitative estimate of drug-likeness (QED) is 0.508. The van der Waals surface area contributed by atoms with E-state index in [4.69, 9.17) is 9.47 Å². The lowest BCUT2D eigenvalue weighted by molar-refractivity contribution is -0.116. The van der Waals surface area contributed by atoms with Crippen molar-refractivity contribution >= 4 is 28.3 Å². The van der Waals surface area contributed by atoms with Gasteiger partial charge in [-0.25, -0.2) is 4.79 Å². The molecule has 0 radical (unpaired) electrons. The summed E-state index contributed by atoms with van der Waals surface area (Å²) in [5.41, 5.74) is 3.19. The van der Waals surface area contributed by atoms with E-state index in [2.05, 4.69) is 16.4 Å². The number of nitrogens with zero attached hydrogens (tertiary/aromatic N) is 3. The van der Waals surface area contributed by atoms with Gasteiger partial charge in [-0.15, -0.1) is 11.3 Å². The minimum absolute atomic E-state index is 0.0584. The molecule has 1 N–H and O–H groups in total. The molecule has 1 atom stereocenters. The van der Waals surface area contributed by atoms with Crippen LogP contribution in [0.3, 0.4) is 0 Å². The number of amides is 2. The third-order valence-corrected chi connectivity index (χ3v) is 7.09. The summed E-state index contributed by atoms with van der Waals surface area (Å²) in [4.78, 5) is 31.9. The number of carbonyl (C=O) groups is 2. The SMILES string of the molecule is COc1ccccc1C(C)CC(=O)Nc1sc2c(c1C#N)CCN(C(=O)OCc1ccncc1)C2. The van der Waals surface area contributed by atoms with Crippen LogP contribution in [0.15, 0.2) is 48.8 Å². The van der Waals surface area contributed by atoms with Gasteiger partial charge in [0.25, 0.3) is 0 Å². The maximum Gasteiger partial charge on any atom is 0.410 e. The maximum atomic E-state index is 12.8. The molecule has 8 nitrogen and oxygen atoms in total. The van der Waals surface area contributed by atoms with Gasteiger partial charge >= 0.3 is 6.09 Å². The number of hydrogen-bond donors (Lipinski definition) is 1. The number of methoxy groups -OCH3 is 1. The first-order valence-electron chi connectivity index (χ1n) is 11.3. The lowest BCUT2D eigenvalue weighted by atomic mass is 9.96. The number of nitriles is 1. The Labute approximate surface area is 208 Å². The van der Waals surface area contributed by atoms with E-state index in [1.165, 1.54) is 11.3 Å². The fourth-order valence-corrected chi connectivity index (χ4v) is 5.35. The average Bonchev–Trinajstić information content (AvgIpc) is 3.23. The number of thiophene rings is 1. The van der Waals surface area contributed by atoms with Crippen molar-refractivity contribution in [2.24, 2.45) is 0 Å². The topological polar surface area (TPSA) is 105 Å². The fraction of sp³-hybridized carbons (Fsp3) is 0.308. The van der Waals surface area contributed by atoms with Gasteiger partial charge in [0.05, 0.1) is 19.2 Å². The highest BCUT2D eigenvalue weighted by molar-refractivity contribution is 7.16. The van der Waals surface area contributed by atoms with Crippen LogP contribution in [0.2, 0.25) is 0 Å². The Kier molecular flexibility index (Phi) is 7.63. The van der Waals surface area contributed by atoms with Crippen molar-refractivity contribution < 1.29 is 19.1 Å². The standard InChI is InChI=1S/C26H26N4O4S/c1-17(19-5-3-4-6-22(19)33-2)13-24(31)29-25-21(14-27)20-9-12-30(15-23(20)35-25)26(32)34-16-18-7-10-28-11-8-18/h3-8,10-11,17H,9,12-13,15-16H2,1-2H3,(H,29,31). The number of rotatable bonds is 7. The van der Waals surface area contributed by atoms with Gasteiger partial charge < -0.3 is 19.7 Å². The summed E-state index contributed by atoms with van der Waals surface area (Å²) in [7, 11) is 1.61.